The molecule has 0 aliphatic carbocycles. The van der Waals surface area contributed by atoms with Crippen LogP contribution in [0.15, 0.2) is 29.0 Å². The summed E-state index contributed by atoms with van der Waals surface area (Å²) in [6.07, 6.45) is 2.80. The zero-order valence-electron chi connectivity index (χ0n) is 11.6. The molecule has 1 heterocycles. The Balaban J connectivity index is 2.19. The van der Waals surface area contributed by atoms with Gasteiger partial charge in [-0.3, -0.25) is 4.79 Å². The van der Waals surface area contributed by atoms with Crippen LogP contribution in [0.3, 0.4) is 0 Å². The third kappa shape index (κ3) is 3.21. The summed E-state index contributed by atoms with van der Waals surface area (Å²) in [4.78, 5) is 12.0. The monoisotopic (exact) mass is 274 g/mol. The maximum Gasteiger partial charge on any atom is 0.247 e. The normalized spacial score (nSPS) is 12.2. The molecule has 3 N–H and O–H groups in total. The van der Waals surface area contributed by atoms with Crippen LogP contribution in [0.5, 0.6) is 0 Å². The van der Waals surface area contributed by atoms with Crippen molar-refractivity contribution in [2.24, 2.45) is 5.73 Å². The number of amides is 1. The lowest BCUT2D eigenvalue weighted by Gasteiger charge is -2.13. The SMILES string of the molecule is CCC[C@@H](N)C(=O)Nc1cc(-c2nnco2)ccc1C. The van der Waals surface area contributed by atoms with Gasteiger partial charge in [0.15, 0.2) is 0 Å². The van der Waals surface area contributed by atoms with Crippen molar-refractivity contribution in [3.05, 3.63) is 30.2 Å². The lowest BCUT2D eigenvalue weighted by molar-refractivity contribution is -0.117. The minimum absolute atomic E-state index is 0.183. The second-order valence-electron chi connectivity index (χ2n) is 4.66. The Hall–Kier alpha value is -2.21. The largest absolute Gasteiger partial charge is 0.423 e. The first-order chi connectivity index (χ1) is 9.61. The van der Waals surface area contributed by atoms with Gasteiger partial charge in [-0.2, -0.15) is 0 Å². The third-order valence-corrected chi connectivity index (χ3v) is 3.04. The molecule has 0 spiro atoms. The van der Waals surface area contributed by atoms with Gasteiger partial charge in [-0.15, -0.1) is 10.2 Å². The molecule has 1 amide bonds. The molecule has 6 nitrogen and oxygen atoms in total. The van der Waals surface area contributed by atoms with Crippen molar-refractivity contribution in [1.82, 2.24) is 10.2 Å². The Labute approximate surface area is 117 Å². The summed E-state index contributed by atoms with van der Waals surface area (Å²) in [7, 11) is 0. The van der Waals surface area contributed by atoms with Crippen molar-refractivity contribution in [2.45, 2.75) is 32.7 Å². The van der Waals surface area contributed by atoms with Gasteiger partial charge in [0.2, 0.25) is 18.2 Å². The highest BCUT2D eigenvalue weighted by atomic mass is 16.4. The van der Waals surface area contributed by atoms with Gasteiger partial charge in [-0.25, -0.2) is 0 Å². The number of carbonyl (C=O) groups is 1. The summed E-state index contributed by atoms with van der Waals surface area (Å²) in [5.74, 6) is 0.232. The fraction of sp³-hybridized carbons (Fsp3) is 0.357. The minimum Gasteiger partial charge on any atom is -0.423 e. The number of nitrogens with two attached hydrogens (primary N) is 1. The number of aromatic nitrogens is 2. The van der Waals surface area contributed by atoms with Gasteiger partial charge in [0, 0.05) is 11.3 Å². The van der Waals surface area contributed by atoms with Crippen molar-refractivity contribution in [3.63, 3.8) is 0 Å². The second-order valence-corrected chi connectivity index (χ2v) is 4.66. The van der Waals surface area contributed by atoms with Gasteiger partial charge in [0.1, 0.15) is 0 Å². The molecule has 0 saturated carbocycles. The highest BCUT2D eigenvalue weighted by Gasteiger charge is 2.14. The molecule has 0 saturated heterocycles. The molecule has 0 aliphatic rings. The second kappa shape index (κ2) is 6.29. The van der Waals surface area contributed by atoms with Crippen molar-refractivity contribution >= 4 is 11.6 Å². The molecule has 6 heteroatoms. The van der Waals surface area contributed by atoms with Crippen LogP contribution in [0, 0.1) is 6.92 Å². The molecule has 106 valence electrons. The summed E-state index contributed by atoms with van der Waals surface area (Å²) in [6.45, 7) is 3.91. The number of rotatable bonds is 5. The Kier molecular flexibility index (Phi) is 4.47. The van der Waals surface area contributed by atoms with Gasteiger partial charge in [-0.1, -0.05) is 19.4 Å². The molecule has 0 unspecified atom stereocenters. The van der Waals surface area contributed by atoms with Crippen LogP contribution < -0.4 is 11.1 Å². The van der Waals surface area contributed by atoms with Crippen molar-refractivity contribution in [3.8, 4) is 11.5 Å². The third-order valence-electron chi connectivity index (χ3n) is 3.04. The summed E-state index contributed by atoms with van der Waals surface area (Å²) < 4.78 is 5.15. The summed E-state index contributed by atoms with van der Waals surface area (Å²) in [5, 5.41) is 10.3. The minimum atomic E-state index is -0.494. The van der Waals surface area contributed by atoms with E-state index >= 15 is 0 Å². The summed E-state index contributed by atoms with van der Waals surface area (Å²) >= 11 is 0. The molecule has 2 aromatic rings. The molecule has 1 aromatic heterocycles. The van der Waals surface area contributed by atoms with E-state index in [4.69, 9.17) is 10.2 Å². The molecule has 0 fully saturated rings. The van der Waals surface area contributed by atoms with Gasteiger partial charge in [0.05, 0.1) is 6.04 Å². The van der Waals surface area contributed by atoms with Crippen LogP contribution in [0.4, 0.5) is 5.69 Å². The van der Waals surface area contributed by atoms with Gasteiger partial charge >= 0.3 is 0 Å². The van der Waals surface area contributed by atoms with Gasteiger partial charge in [-0.05, 0) is 31.0 Å². The van der Waals surface area contributed by atoms with E-state index in [2.05, 4.69) is 15.5 Å². The zero-order valence-corrected chi connectivity index (χ0v) is 11.6. The molecular weight excluding hydrogens is 256 g/mol. The molecule has 0 aliphatic heterocycles. The van der Waals surface area contributed by atoms with Gasteiger partial charge in [0.25, 0.3) is 0 Å². The first-order valence-corrected chi connectivity index (χ1v) is 6.55. The smallest absolute Gasteiger partial charge is 0.247 e. The average Bonchev–Trinajstić information content (AvgIpc) is 2.95. The number of aryl methyl sites for hydroxylation is 1. The number of hydrogen-bond donors (Lipinski definition) is 2. The maximum atomic E-state index is 12.0. The lowest BCUT2D eigenvalue weighted by Crippen LogP contribution is -2.35. The molecule has 1 aromatic carbocycles. The number of anilines is 1. The molecule has 1 atom stereocenters. The zero-order chi connectivity index (χ0) is 14.5. The van der Waals surface area contributed by atoms with E-state index in [0.29, 0.717) is 18.0 Å². The fourth-order valence-electron chi connectivity index (χ4n) is 1.86. The van der Waals surface area contributed by atoms with E-state index < -0.39 is 6.04 Å². The van der Waals surface area contributed by atoms with Crippen molar-refractivity contribution in [1.29, 1.82) is 0 Å². The van der Waals surface area contributed by atoms with E-state index in [0.717, 1.165) is 17.5 Å². The van der Waals surface area contributed by atoms with E-state index in [1.807, 2.05) is 26.0 Å². The Bertz CT molecular complexity index is 581. The van der Waals surface area contributed by atoms with E-state index in [-0.39, 0.29) is 5.91 Å². The Morgan fingerprint density at radius 2 is 2.30 bits per heavy atom. The first-order valence-electron chi connectivity index (χ1n) is 6.55. The Morgan fingerprint density at radius 1 is 1.50 bits per heavy atom. The average molecular weight is 274 g/mol. The number of hydrogen-bond acceptors (Lipinski definition) is 5. The van der Waals surface area contributed by atoms with E-state index in [1.165, 1.54) is 6.39 Å². The van der Waals surface area contributed by atoms with Crippen LogP contribution in [-0.2, 0) is 4.79 Å². The van der Waals surface area contributed by atoms with Crippen molar-refractivity contribution in [2.75, 3.05) is 5.32 Å². The van der Waals surface area contributed by atoms with E-state index in [9.17, 15) is 4.79 Å². The van der Waals surface area contributed by atoms with Crippen LogP contribution >= 0.6 is 0 Å². The topological polar surface area (TPSA) is 94.0 Å². The molecular formula is C14H18N4O2. The number of nitrogens with one attached hydrogen (secondary N) is 1. The van der Waals surface area contributed by atoms with E-state index in [1.54, 1.807) is 6.07 Å². The predicted molar refractivity (Wildman–Crippen MR) is 76.0 cm³/mol. The molecule has 2 rings (SSSR count). The Morgan fingerprint density at radius 3 is 2.95 bits per heavy atom. The van der Waals surface area contributed by atoms with Crippen LogP contribution in [-0.4, -0.2) is 22.1 Å². The quantitative estimate of drug-likeness (QED) is 0.870. The first kappa shape index (κ1) is 14.2. The highest BCUT2D eigenvalue weighted by molar-refractivity contribution is 5.95. The number of nitrogens with zero attached hydrogens (tertiary/aromatic N) is 2. The number of carbonyl (C=O) groups excluding carboxylic acids is 1. The van der Waals surface area contributed by atoms with Gasteiger partial charge < -0.3 is 15.5 Å². The molecule has 20 heavy (non-hydrogen) atoms. The standard InChI is InChI=1S/C14H18N4O2/c1-3-4-11(15)13(19)17-12-7-10(6-5-9(12)2)14-18-16-8-20-14/h5-8,11H,3-4,15H2,1-2H3,(H,17,19)/t11-/m1/s1. The number of benzene rings is 1. The van der Waals surface area contributed by atoms with Crippen LogP contribution in [0.2, 0.25) is 0 Å². The summed E-state index contributed by atoms with van der Waals surface area (Å²) in [6, 6.07) is 5.07. The fourth-order valence-corrected chi connectivity index (χ4v) is 1.86. The van der Waals surface area contributed by atoms with Crippen LogP contribution in [0.1, 0.15) is 25.3 Å². The summed E-state index contributed by atoms with van der Waals surface area (Å²) in [5.41, 5.74) is 8.22. The van der Waals surface area contributed by atoms with Crippen LogP contribution in [0.25, 0.3) is 11.5 Å². The lowest BCUT2D eigenvalue weighted by atomic mass is 10.1. The van der Waals surface area contributed by atoms with Crippen molar-refractivity contribution < 1.29 is 9.21 Å². The predicted octanol–water partition coefficient (Wildman–Crippen LogP) is 2.11. The highest BCUT2D eigenvalue weighted by Crippen LogP contribution is 2.24. The molecule has 0 bridgehead atoms. The maximum absolute atomic E-state index is 12.0. The molecule has 0 radical (unpaired) electrons.